The number of carbonyl (C=O) groups is 1. The Kier molecular flexibility index (Phi) is 2.12. The standard InChI is InChI=1S/C12H14O4/c1-12(2)9(10(12)11(15)16)6-3-4-7(13)8(14)5-6/h3-5,9-10,13-14H,1-2H3,(H,15,16)/t9-,10+/m1/s1. The fraction of sp³-hybridized carbons (Fsp3) is 0.417. The molecule has 1 aliphatic carbocycles. The van der Waals surface area contributed by atoms with Gasteiger partial charge in [-0.3, -0.25) is 4.79 Å². The van der Waals surface area contributed by atoms with Crippen molar-refractivity contribution < 1.29 is 20.1 Å². The van der Waals surface area contributed by atoms with Gasteiger partial charge in [-0.25, -0.2) is 0 Å². The van der Waals surface area contributed by atoms with Crippen LogP contribution in [-0.4, -0.2) is 21.3 Å². The van der Waals surface area contributed by atoms with Gasteiger partial charge in [0.2, 0.25) is 0 Å². The van der Waals surface area contributed by atoms with E-state index in [1.165, 1.54) is 12.1 Å². The zero-order valence-electron chi connectivity index (χ0n) is 9.14. The molecule has 0 saturated heterocycles. The molecule has 2 rings (SSSR count). The fourth-order valence-electron chi connectivity index (χ4n) is 2.45. The first kappa shape index (κ1) is 10.8. The van der Waals surface area contributed by atoms with Crippen molar-refractivity contribution in [2.24, 2.45) is 11.3 Å². The number of hydrogen-bond donors (Lipinski definition) is 3. The summed E-state index contributed by atoms with van der Waals surface area (Å²) < 4.78 is 0. The van der Waals surface area contributed by atoms with Crippen LogP contribution in [0.25, 0.3) is 0 Å². The number of aromatic hydroxyl groups is 2. The monoisotopic (exact) mass is 222 g/mol. The summed E-state index contributed by atoms with van der Waals surface area (Å²) in [6.45, 7) is 3.78. The predicted molar refractivity (Wildman–Crippen MR) is 57.4 cm³/mol. The second-order valence-corrected chi connectivity index (χ2v) is 4.86. The minimum atomic E-state index is -0.817. The van der Waals surface area contributed by atoms with Crippen molar-refractivity contribution in [3.8, 4) is 11.5 Å². The molecule has 4 nitrogen and oxygen atoms in total. The summed E-state index contributed by atoms with van der Waals surface area (Å²) in [6.07, 6.45) is 0. The van der Waals surface area contributed by atoms with Crippen molar-refractivity contribution >= 4 is 5.97 Å². The molecule has 3 N–H and O–H groups in total. The van der Waals surface area contributed by atoms with Crippen molar-refractivity contribution in [1.29, 1.82) is 0 Å². The smallest absolute Gasteiger partial charge is 0.307 e. The van der Waals surface area contributed by atoms with E-state index in [0.717, 1.165) is 5.56 Å². The molecule has 0 heterocycles. The minimum absolute atomic E-state index is 0.100. The Bertz CT molecular complexity index is 450. The van der Waals surface area contributed by atoms with Crippen LogP contribution >= 0.6 is 0 Å². The number of carboxylic acids is 1. The number of rotatable bonds is 2. The maximum Gasteiger partial charge on any atom is 0.307 e. The van der Waals surface area contributed by atoms with E-state index in [-0.39, 0.29) is 22.8 Å². The molecule has 86 valence electrons. The molecule has 16 heavy (non-hydrogen) atoms. The molecule has 1 aromatic carbocycles. The van der Waals surface area contributed by atoms with Crippen LogP contribution in [-0.2, 0) is 4.79 Å². The van der Waals surface area contributed by atoms with Gasteiger partial charge in [-0.05, 0) is 23.1 Å². The Balaban J connectivity index is 2.33. The molecule has 1 aliphatic rings. The van der Waals surface area contributed by atoms with Gasteiger partial charge in [-0.15, -0.1) is 0 Å². The maximum atomic E-state index is 11.0. The summed E-state index contributed by atoms with van der Waals surface area (Å²) in [4.78, 5) is 11.0. The highest BCUT2D eigenvalue weighted by molar-refractivity contribution is 5.77. The highest BCUT2D eigenvalue weighted by Crippen LogP contribution is 2.64. The zero-order chi connectivity index (χ0) is 12.1. The van der Waals surface area contributed by atoms with Gasteiger partial charge in [0.05, 0.1) is 5.92 Å². The molecule has 1 fully saturated rings. The highest BCUT2D eigenvalue weighted by Gasteiger charge is 2.62. The van der Waals surface area contributed by atoms with Gasteiger partial charge in [0.25, 0.3) is 0 Å². The highest BCUT2D eigenvalue weighted by atomic mass is 16.4. The van der Waals surface area contributed by atoms with E-state index in [1.807, 2.05) is 13.8 Å². The van der Waals surface area contributed by atoms with Crippen molar-refractivity contribution in [3.05, 3.63) is 23.8 Å². The van der Waals surface area contributed by atoms with Gasteiger partial charge in [0.15, 0.2) is 11.5 Å². The second-order valence-electron chi connectivity index (χ2n) is 4.86. The first-order chi connectivity index (χ1) is 7.35. The van der Waals surface area contributed by atoms with Crippen molar-refractivity contribution in [1.82, 2.24) is 0 Å². The van der Waals surface area contributed by atoms with E-state index < -0.39 is 11.9 Å². The second kappa shape index (κ2) is 3.14. The average molecular weight is 222 g/mol. The largest absolute Gasteiger partial charge is 0.504 e. The third-order valence-electron chi connectivity index (χ3n) is 3.45. The van der Waals surface area contributed by atoms with Crippen LogP contribution < -0.4 is 0 Å². The molecule has 2 atom stereocenters. The normalized spacial score (nSPS) is 26.4. The third-order valence-corrected chi connectivity index (χ3v) is 3.45. The number of aliphatic carboxylic acids is 1. The van der Waals surface area contributed by atoms with Gasteiger partial charge in [0.1, 0.15) is 0 Å². The molecule has 0 spiro atoms. The molecule has 0 bridgehead atoms. The number of hydrogen-bond acceptors (Lipinski definition) is 3. The van der Waals surface area contributed by atoms with Crippen LogP contribution in [0.4, 0.5) is 0 Å². The Hall–Kier alpha value is -1.71. The Morgan fingerprint density at radius 2 is 1.88 bits per heavy atom. The van der Waals surface area contributed by atoms with Crippen molar-refractivity contribution in [3.63, 3.8) is 0 Å². The quantitative estimate of drug-likeness (QED) is 0.668. The number of benzene rings is 1. The molecule has 1 aromatic rings. The molecule has 1 saturated carbocycles. The Morgan fingerprint density at radius 3 is 2.31 bits per heavy atom. The summed E-state index contributed by atoms with van der Waals surface area (Å²) in [6, 6.07) is 4.48. The average Bonchev–Trinajstić information content (AvgIpc) is 2.74. The molecule has 4 heteroatoms. The lowest BCUT2D eigenvalue weighted by Gasteiger charge is -2.04. The van der Waals surface area contributed by atoms with Gasteiger partial charge in [0, 0.05) is 5.92 Å². The summed E-state index contributed by atoms with van der Waals surface area (Å²) in [5.74, 6) is -1.73. The van der Waals surface area contributed by atoms with Crippen LogP contribution in [0.5, 0.6) is 11.5 Å². The molecule has 0 amide bonds. The SMILES string of the molecule is CC1(C)[C@H](C(=O)O)[C@H]1c1ccc(O)c(O)c1. The lowest BCUT2D eigenvalue weighted by Crippen LogP contribution is -2.03. The minimum Gasteiger partial charge on any atom is -0.504 e. The maximum absolute atomic E-state index is 11.0. The summed E-state index contributed by atoms with van der Waals surface area (Å²) in [5.41, 5.74) is 0.461. The Morgan fingerprint density at radius 1 is 1.25 bits per heavy atom. The number of phenolic OH excluding ortho intramolecular Hbond substituents is 2. The lowest BCUT2D eigenvalue weighted by atomic mass is 10.0. The van der Waals surface area contributed by atoms with Crippen LogP contribution in [0.15, 0.2) is 18.2 Å². The molecule has 0 aliphatic heterocycles. The van der Waals surface area contributed by atoms with E-state index in [1.54, 1.807) is 6.07 Å². The molecular formula is C12H14O4. The van der Waals surface area contributed by atoms with Crippen molar-refractivity contribution in [2.45, 2.75) is 19.8 Å². The van der Waals surface area contributed by atoms with Crippen LogP contribution in [0.1, 0.15) is 25.3 Å². The van der Waals surface area contributed by atoms with Gasteiger partial charge in [-0.1, -0.05) is 19.9 Å². The topological polar surface area (TPSA) is 77.8 Å². The lowest BCUT2D eigenvalue weighted by molar-refractivity contribution is -0.139. The fourth-order valence-corrected chi connectivity index (χ4v) is 2.45. The number of carboxylic acid groups (broad SMARTS) is 1. The van der Waals surface area contributed by atoms with E-state index in [0.29, 0.717) is 0 Å². The molecule has 0 radical (unpaired) electrons. The Labute approximate surface area is 93.2 Å². The van der Waals surface area contributed by atoms with Gasteiger partial charge >= 0.3 is 5.97 Å². The van der Waals surface area contributed by atoms with Crippen LogP contribution in [0.2, 0.25) is 0 Å². The van der Waals surface area contributed by atoms with Crippen LogP contribution in [0, 0.1) is 11.3 Å². The van der Waals surface area contributed by atoms with E-state index in [9.17, 15) is 15.0 Å². The molecular weight excluding hydrogens is 208 g/mol. The van der Waals surface area contributed by atoms with Gasteiger partial charge < -0.3 is 15.3 Å². The summed E-state index contributed by atoms with van der Waals surface area (Å²) in [7, 11) is 0. The summed E-state index contributed by atoms with van der Waals surface area (Å²) >= 11 is 0. The molecule has 0 unspecified atom stereocenters. The third kappa shape index (κ3) is 1.41. The first-order valence-corrected chi connectivity index (χ1v) is 5.10. The van der Waals surface area contributed by atoms with Crippen molar-refractivity contribution in [2.75, 3.05) is 0 Å². The molecule has 0 aromatic heterocycles. The summed E-state index contributed by atoms with van der Waals surface area (Å²) in [5, 5.41) is 27.6. The van der Waals surface area contributed by atoms with Gasteiger partial charge in [-0.2, -0.15) is 0 Å². The predicted octanol–water partition coefficient (Wildman–Crippen LogP) is 1.92. The van der Waals surface area contributed by atoms with E-state index >= 15 is 0 Å². The number of phenols is 2. The zero-order valence-corrected chi connectivity index (χ0v) is 9.14. The van der Waals surface area contributed by atoms with E-state index in [4.69, 9.17) is 5.11 Å². The first-order valence-electron chi connectivity index (χ1n) is 5.10. The van der Waals surface area contributed by atoms with Crippen LogP contribution in [0.3, 0.4) is 0 Å². The van der Waals surface area contributed by atoms with E-state index in [2.05, 4.69) is 0 Å².